The van der Waals surface area contributed by atoms with Crippen LogP contribution >= 0.6 is 0 Å². The first-order valence-electron chi connectivity index (χ1n) is 8.99. The first kappa shape index (κ1) is 18.3. The lowest BCUT2D eigenvalue weighted by Gasteiger charge is -2.45. The summed E-state index contributed by atoms with van der Waals surface area (Å²) in [5.74, 6) is -2.02. The minimum Gasteiger partial charge on any atom is -0.481 e. The van der Waals surface area contributed by atoms with E-state index in [1.165, 1.54) is 6.07 Å². The van der Waals surface area contributed by atoms with Gasteiger partial charge in [0.2, 0.25) is 0 Å². The van der Waals surface area contributed by atoms with E-state index in [9.17, 15) is 18.7 Å². The fourth-order valence-electron chi connectivity index (χ4n) is 3.66. The zero-order valence-electron chi connectivity index (χ0n) is 15.2. The maximum absolute atomic E-state index is 14.4. The van der Waals surface area contributed by atoms with E-state index in [4.69, 9.17) is 0 Å². The monoisotopic (exact) mass is 387 g/mol. The first-order valence-corrected chi connectivity index (χ1v) is 8.99. The third-order valence-corrected chi connectivity index (χ3v) is 5.51. The largest absolute Gasteiger partial charge is 0.481 e. The van der Waals surface area contributed by atoms with Gasteiger partial charge in [-0.3, -0.25) is 4.79 Å². The maximum Gasteiger partial charge on any atom is 0.305 e. The molecule has 9 heteroatoms. The number of pyridine rings is 1. The number of fused-ring (bicyclic) bond motifs is 1. The molecule has 0 aromatic carbocycles. The zero-order chi connectivity index (χ0) is 19.9. The lowest BCUT2D eigenvalue weighted by molar-refractivity contribution is -0.138. The molecule has 28 heavy (non-hydrogen) atoms. The summed E-state index contributed by atoms with van der Waals surface area (Å²) in [5, 5.41) is 12.7. The van der Waals surface area contributed by atoms with Gasteiger partial charge in [-0.05, 0) is 24.3 Å². The van der Waals surface area contributed by atoms with Crippen molar-refractivity contribution in [3.63, 3.8) is 0 Å². The van der Waals surface area contributed by atoms with E-state index in [1.807, 2.05) is 6.92 Å². The van der Waals surface area contributed by atoms with Crippen LogP contribution in [-0.2, 0) is 4.79 Å². The van der Waals surface area contributed by atoms with Crippen LogP contribution in [0.1, 0.15) is 32.6 Å². The lowest BCUT2D eigenvalue weighted by Crippen LogP contribution is -2.45. The highest BCUT2D eigenvalue weighted by Crippen LogP contribution is 2.45. The van der Waals surface area contributed by atoms with Gasteiger partial charge >= 0.3 is 5.97 Å². The van der Waals surface area contributed by atoms with Gasteiger partial charge in [0.25, 0.3) is 0 Å². The number of hydrogen-bond donors (Lipinski definition) is 3. The van der Waals surface area contributed by atoms with E-state index >= 15 is 0 Å². The summed E-state index contributed by atoms with van der Waals surface area (Å²) in [4.78, 5) is 26.4. The van der Waals surface area contributed by atoms with Crippen molar-refractivity contribution < 1.29 is 18.7 Å². The van der Waals surface area contributed by atoms with Crippen molar-refractivity contribution in [3.05, 3.63) is 36.3 Å². The molecule has 0 spiro atoms. The van der Waals surface area contributed by atoms with Crippen LogP contribution < -0.4 is 5.32 Å². The van der Waals surface area contributed by atoms with Gasteiger partial charge in [-0.1, -0.05) is 13.3 Å². The molecular formula is C19H19F2N5O2. The van der Waals surface area contributed by atoms with Gasteiger partial charge in [0.05, 0.1) is 18.8 Å². The number of halogens is 2. The highest BCUT2D eigenvalue weighted by atomic mass is 19.1. The molecule has 1 aliphatic rings. The van der Waals surface area contributed by atoms with Crippen LogP contribution in [0.3, 0.4) is 0 Å². The number of hydrogen-bond acceptors (Lipinski definition) is 5. The zero-order valence-corrected chi connectivity index (χ0v) is 15.2. The summed E-state index contributed by atoms with van der Waals surface area (Å²) in [6.07, 6.45) is 6.30. The molecule has 0 amide bonds. The van der Waals surface area contributed by atoms with Crippen LogP contribution in [0, 0.1) is 17.0 Å². The van der Waals surface area contributed by atoms with E-state index in [-0.39, 0.29) is 23.5 Å². The molecule has 4 rings (SSSR count). The van der Waals surface area contributed by atoms with Crippen LogP contribution in [0.15, 0.2) is 24.7 Å². The third kappa shape index (κ3) is 3.28. The Morgan fingerprint density at radius 3 is 2.82 bits per heavy atom. The lowest BCUT2D eigenvalue weighted by atomic mass is 9.64. The Balaban J connectivity index is 1.70. The number of rotatable bonds is 6. The first-order chi connectivity index (χ1) is 13.4. The summed E-state index contributed by atoms with van der Waals surface area (Å²) in [7, 11) is 0. The Morgan fingerprint density at radius 1 is 1.36 bits per heavy atom. The molecule has 0 aliphatic heterocycles. The van der Waals surface area contributed by atoms with E-state index < -0.39 is 23.6 Å². The van der Waals surface area contributed by atoms with Crippen molar-refractivity contribution in [2.75, 3.05) is 5.32 Å². The van der Waals surface area contributed by atoms with Gasteiger partial charge in [-0.15, -0.1) is 0 Å². The van der Waals surface area contributed by atoms with Gasteiger partial charge in [0.1, 0.15) is 11.5 Å². The van der Waals surface area contributed by atoms with Crippen molar-refractivity contribution in [3.8, 4) is 11.4 Å². The normalized spacial score (nSPS) is 16.5. The molecule has 1 fully saturated rings. The average Bonchev–Trinajstić information content (AvgIpc) is 3.03. The number of H-pyrrole nitrogens is 1. The Morgan fingerprint density at radius 2 is 2.14 bits per heavy atom. The highest BCUT2D eigenvalue weighted by Gasteiger charge is 2.41. The SMILES string of the molecule is CC1([C@@H](CC(=O)O)Nc2nc(-c3c[nH]c4ncc(F)cc34)ncc2F)CCC1. The predicted octanol–water partition coefficient (Wildman–Crippen LogP) is 3.74. The van der Waals surface area contributed by atoms with Crippen molar-refractivity contribution in [1.82, 2.24) is 19.9 Å². The smallest absolute Gasteiger partial charge is 0.305 e. The second-order valence-electron chi connectivity index (χ2n) is 7.44. The van der Waals surface area contributed by atoms with E-state index in [0.717, 1.165) is 31.7 Å². The van der Waals surface area contributed by atoms with E-state index in [0.29, 0.717) is 16.6 Å². The van der Waals surface area contributed by atoms with Gasteiger partial charge in [-0.25, -0.2) is 23.7 Å². The quantitative estimate of drug-likeness (QED) is 0.595. The van der Waals surface area contributed by atoms with Crippen molar-refractivity contribution >= 4 is 22.8 Å². The minimum absolute atomic E-state index is 0.0666. The minimum atomic E-state index is -0.960. The summed E-state index contributed by atoms with van der Waals surface area (Å²) in [6.45, 7) is 1.99. The summed E-state index contributed by atoms with van der Waals surface area (Å²) < 4.78 is 28.0. The molecule has 0 saturated heterocycles. The number of anilines is 1. The summed E-state index contributed by atoms with van der Waals surface area (Å²) in [6, 6.07) is 0.842. The number of carboxylic acids is 1. The molecule has 1 aliphatic carbocycles. The molecule has 3 aromatic heterocycles. The maximum atomic E-state index is 14.4. The number of aromatic amines is 1. The third-order valence-electron chi connectivity index (χ3n) is 5.51. The van der Waals surface area contributed by atoms with E-state index in [1.54, 1.807) is 6.20 Å². The number of nitrogens with zero attached hydrogens (tertiary/aromatic N) is 3. The van der Waals surface area contributed by atoms with Crippen LogP contribution in [0.25, 0.3) is 22.4 Å². The molecule has 3 aromatic rings. The summed E-state index contributed by atoms with van der Waals surface area (Å²) in [5.41, 5.74) is 0.711. The molecule has 7 nitrogen and oxygen atoms in total. The second kappa shape index (κ2) is 6.81. The van der Waals surface area contributed by atoms with Gasteiger partial charge < -0.3 is 15.4 Å². The number of carboxylic acid groups (broad SMARTS) is 1. The molecule has 0 bridgehead atoms. The predicted molar refractivity (Wildman–Crippen MR) is 98.7 cm³/mol. The fraction of sp³-hybridized carbons (Fsp3) is 0.368. The average molecular weight is 387 g/mol. The molecule has 1 atom stereocenters. The van der Waals surface area contributed by atoms with Crippen LogP contribution in [-0.4, -0.2) is 37.1 Å². The van der Waals surface area contributed by atoms with Gasteiger partial charge in [0, 0.05) is 23.2 Å². The standard InChI is InChI=1S/C19H19F2N5O2/c1-19(3-2-4-19)14(6-15(27)28)25-18-13(21)9-24-17(26-18)12-8-23-16-11(12)5-10(20)7-22-16/h5,7-9,14H,2-4,6H2,1H3,(H,22,23)(H,27,28)(H,24,25,26)/t14-/m1/s1. The van der Waals surface area contributed by atoms with Crippen molar-refractivity contribution in [2.24, 2.45) is 5.41 Å². The molecular weight excluding hydrogens is 368 g/mol. The van der Waals surface area contributed by atoms with Gasteiger partial charge in [0.15, 0.2) is 17.5 Å². The molecule has 1 saturated carbocycles. The molecule has 146 valence electrons. The number of carbonyl (C=O) groups is 1. The van der Waals surface area contributed by atoms with Crippen molar-refractivity contribution in [2.45, 2.75) is 38.6 Å². The van der Waals surface area contributed by atoms with Crippen LogP contribution in [0.5, 0.6) is 0 Å². The Kier molecular flexibility index (Phi) is 4.44. The Labute approximate surface area is 159 Å². The van der Waals surface area contributed by atoms with Crippen LogP contribution in [0.4, 0.5) is 14.6 Å². The second-order valence-corrected chi connectivity index (χ2v) is 7.44. The van der Waals surface area contributed by atoms with Gasteiger partial charge in [-0.2, -0.15) is 0 Å². The van der Waals surface area contributed by atoms with E-state index in [2.05, 4.69) is 25.3 Å². The molecule has 3 heterocycles. The van der Waals surface area contributed by atoms with Crippen LogP contribution in [0.2, 0.25) is 0 Å². The van der Waals surface area contributed by atoms with Crippen molar-refractivity contribution in [1.29, 1.82) is 0 Å². The molecule has 0 radical (unpaired) electrons. The number of aromatic nitrogens is 4. The Bertz CT molecular complexity index is 1050. The fourth-order valence-corrected chi connectivity index (χ4v) is 3.66. The summed E-state index contributed by atoms with van der Waals surface area (Å²) >= 11 is 0. The molecule has 0 unspecified atom stereocenters. The Hall–Kier alpha value is -3.10. The topological polar surface area (TPSA) is 104 Å². The number of aliphatic carboxylic acids is 1. The molecule has 3 N–H and O–H groups in total. The number of nitrogens with one attached hydrogen (secondary N) is 2. The highest BCUT2D eigenvalue weighted by molar-refractivity contribution is 5.91.